The monoisotopic (exact) mass is 670 g/mol. The van der Waals surface area contributed by atoms with Gasteiger partial charge in [-0.1, -0.05) is 27.3 Å². The molecule has 2 saturated carbocycles. The number of nitrogens with zero attached hydrogens (tertiary/aromatic N) is 1. The standard InChI is InChI=1S/C30H27BrN2O7S2/c1-3-39-20(34)12-40-19-9-4-13(31)10-16(19)21-22-17-11-18(25(22)41-27-26(21)42-30(37)32-27)24-23(17)28(35)33(29(24)36)14-5-7-15(38-2)8-6-14/h4-10,17-18,21-25H,3,11-12H2,1-2H3,(H,32,37)/t17-,18-,21+,22-,23+,24+,25-/m1/s1. The van der Waals surface area contributed by atoms with Crippen LogP contribution in [0.25, 0.3) is 0 Å². The van der Waals surface area contributed by atoms with E-state index in [9.17, 15) is 19.2 Å². The number of aromatic nitrogens is 1. The Hall–Kier alpha value is -3.09. The summed E-state index contributed by atoms with van der Waals surface area (Å²) in [6.45, 7) is 1.76. The summed E-state index contributed by atoms with van der Waals surface area (Å²) in [7, 11) is 1.57. The molecule has 2 amide bonds. The summed E-state index contributed by atoms with van der Waals surface area (Å²) in [4.78, 5) is 57.8. The third kappa shape index (κ3) is 4.24. The van der Waals surface area contributed by atoms with Gasteiger partial charge in [-0.25, -0.2) is 4.79 Å². The van der Waals surface area contributed by atoms with Crippen molar-refractivity contribution in [3.05, 3.63) is 67.0 Å². The Morgan fingerprint density at radius 1 is 1.07 bits per heavy atom. The lowest BCUT2D eigenvalue weighted by Gasteiger charge is -2.43. The van der Waals surface area contributed by atoms with Crippen LogP contribution in [0.4, 0.5) is 5.69 Å². The van der Waals surface area contributed by atoms with E-state index < -0.39 is 17.8 Å². The number of imide groups is 1. The molecule has 2 aliphatic carbocycles. The third-order valence-electron chi connectivity index (χ3n) is 9.01. The Morgan fingerprint density at radius 2 is 1.81 bits per heavy atom. The van der Waals surface area contributed by atoms with Gasteiger partial charge >= 0.3 is 10.8 Å². The lowest BCUT2D eigenvalue weighted by atomic mass is 9.68. The number of thiazole rings is 1. The van der Waals surface area contributed by atoms with Gasteiger partial charge in [-0.05, 0) is 73.6 Å². The van der Waals surface area contributed by atoms with Crippen molar-refractivity contribution in [3.63, 3.8) is 0 Å². The lowest BCUT2D eigenvalue weighted by Crippen LogP contribution is -2.42. The molecule has 4 aliphatic rings. The van der Waals surface area contributed by atoms with E-state index in [2.05, 4.69) is 20.9 Å². The first kappa shape index (κ1) is 27.7. The molecule has 2 bridgehead atoms. The summed E-state index contributed by atoms with van der Waals surface area (Å²) in [5, 5.41) is 0.837. The number of hydrogen-bond donors (Lipinski definition) is 1. The summed E-state index contributed by atoms with van der Waals surface area (Å²) in [6, 6.07) is 12.6. The first-order valence-corrected chi connectivity index (χ1v) is 16.3. The maximum Gasteiger partial charge on any atom is 0.344 e. The van der Waals surface area contributed by atoms with Crippen molar-refractivity contribution < 1.29 is 28.6 Å². The van der Waals surface area contributed by atoms with Crippen molar-refractivity contribution in [2.24, 2.45) is 29.6 Å². The van der Waals surface area contributed by atoms with Crippen molar-refractivity contribution in [1.29, 1.82) is 0 Å². The molecule has 3 fully saturated rings. The van der Waals surface area contributed by atoms with Gasteiger partial charge in [0.2, 0.25) is 11.8 Å². The Balaban J connectivity index is 1.29. The van der Waals surface area contributed by atoms with Crippen molar-refractivity contribution in [2.75, 3.05) is 25.2 Å². The van der Waals surface area contributed by atoms with Crippen LogP contribution in [-0.4, -0.2) is 48.3 Å². The van der Waals surface area contributed by atoms with E-state index in [1.807, 2.05) is 18.2 Å². The molecular weight excluding hydrogens is 644 g/mol. The number of thioether (sulfide) groups is 1. The Labute approximate surface area is 258 Å². The molecule has 2 aliphatic heterocycles. The first-order chi connectivity index (χ1) is 20.3. The van der Waals surface area contributed by atoms with Crippen LogP contribution in [0.15, 0.2) is 56.8 Å². The largest absolute Gasteiger partial charge is 0.497 e. The fourth-order valence-electron chi connectivity index (χ4n) is 7.58. The summed E-state index contributed by atoms with van der Waals surface area (Å²) in [6.07, 6.45) is 0.772. The van der Waals surface area contributed by atoms with Crippen LogP contribution < -0.4 is 19.2 Å². The summed E-state index contributed by atoms with van der Waals surface area (Å²) >= 11 is 6.40. The number of carbonyl (C=O) groups excluding carboxylic acids is 3. The third-order valence-corrected chi connectivity index (χ3v) is 12.1. The molecule has 7 rings (SSSR count). The molecule has 42 heavy (non-hydrogen) atoms. The minimum atomic E-state index is -0.466. The quantitative estimate of drug-likeness (QED) is 0.281. The predicted molar refractivity (Wildman–Crippen MR) is 160 cm³/mol. The number of amides is 2. The number of hydrogen-bond acceptors (Lipinski definition) is 9. The maximum atomic E-state index is 14.0. The molecule has 7 atom stereocenters. The van der Waals surface area contributed by atoms with E-state index in [0.29, 0.717) is 17.2 Å². The number of fused-ring (bicyclic) bond motifs is 9. The fourth-order valence-corrected chi connectivity index (χ4v) is 10.8. The molecule has 2 aromatic carbocycles. The number of halogens is 1. The lowest BCUT2D eigenvalue weighted by molar-refractivity contribution is -0.145. The van der Waals surface area contributed by atoms with Crippen LogP contribution in [0.2, 0.25) is 0 Å². The van der Waals surface area contributed by atoms with E-state index in [1.54, 1.807) is 50.1 Å². The van der Waals surface area contributed by atoms with E-state index in [1.165, 1.54) is 16.2 Å². The normalized spacial score (nSPS) is 28.8. The van der Waals surface area contributed by atoms with Crippen molar-refractivity contribution >= 4 is 62.5 Å². The highest BCUT2D eigenvalue weighted by molar-refractivity contribution is 9.10. The topological polar surface area (TPSA) is 115 Å². The smallest absolute Gasteiger partial charge is 0.344 e. The zero-order valence-electron chi connectivity index (χ0n) is 22.7. The number of rotatable bonds is 7. The molecule has 9 nitrogen and oxygen atoms in total. The SMILES string of the molecule is CCOC(=O)COc1ccc(Br)cc1[C@@H]1c2sc(=O)[nH]c2S[C@@H]2[C@@H]3C[C@@H]([C@@H]4C(=O)N(c5ccc(OC)cc5)C(=O)[C@@H]34)[C@H]12. The second kappa shape index (κ2) is 10.6. The van der Waals surface area contributed by atoms with Crippen LogP contribution in [0.5, 0.6) is 11.5 Å². The zero-order valence-corrected chi connectivity index (χ0v) is 25.9. The molecule has 1 N–H and O–H groups in total. The van der Waals surface area contributed by atoms with Gasteiger partial charge in [0.25, 0.3) is 0 Å². The number of H-pyrrole nitrogens is 1. The molecule has 3 aromatic rings. The van der Waals surface area contributed by atoms with Gasteiger partial charge in [-0.15, -0.1) is 11.8 Å². The number of ether oxygens (including phenoxy) is 3. The highest BCUT2D eigenvalue weighted by Crippen LogP contribution is 2.69. The van der Waals surface area contributed by atoms with Gasteiger partial charge < -0.3 is 19.2 Å². The average molecular weight is 672 g/mol. The molecule has 1 aromatic heterocycles. The van der Waals surface area contributed by atoms with E-state index in [4.69, 9.17) is 14.2 Å². The number of benzene rings is 2. The zero-order chi connectivity index (χ0) is 29.3. The summed E-state index contributed by atoms with van der Waals surface area (Å²) in [5.74, 6) is -0.739. The molecule has 1 saturated heterocycles. The van der Waals surface area contributed by atoms with Gasteiger partial charge in [0, 0.05) is 26.1 Å². The molecule has 218 valence electrons. The number of aromatic amines is 1. The first-order valence-electron chi connectivity index (χ1n) is 13.8. The van der Waals surface area contributed by atoms with Gasteiger partial charge in [-0.3, -0.25) is 19.3 Å². The Morgan fingerprint density at radius 3 is 2.52 bits per heavy atom. The number of esters is 1. The molecule has 0 spiro atoms. The van der Waals surface area contributed by atoms with Gasteiger partial charge in [0.05, 0.1) is 36.3 Å². The Kier molecular flexibility index (Phi) is 6.98. The van der Waals surface area contributed by atoms with Crippen LogP contribution >= 0.6 is 39.0 Å². The average Bonchev–Trinajstić information content (AvgIpc) is 3.71. The highest BCUT2D eigenvalue weighted by atomic mass is 79.9. The van der Waals surface area contributed by atoms with Crippen LogP contribution in [0.1, 0.15) is 29.7 Å². The second-order valence-corrected chi connectivity index (χ2v) is 14.1. The van der Waals surface area contributed by atoms with Crippen LogP contribution in [0.3, 0.4) is 0 Å². The number of nitrogens with one attached hydrogen (secondary N) is 1. The van der Waals surface area contributed by atoms with Crippen molar-refractivity contribution in [3.8, 4) is 11.5 Å². The van der Waals surface area contributed by atoms with E-state index in [-0.39, 0.29) is 58.8 Å². The highest BCUT2D eigenvalue weighted by Gasteiger charge is 2.69. The second-order valence-electron chi connectivity index (χ2n) is 10.9. The summed E-state index contributed by atoms with van der Waals surface area (Å²) in [5.41, 5.74) is 1.39. The van der Waals surface area contributed by atoms with Gasteiger partial charge in [-0.2, -0.15) is 0 Å². The number of methoxy groups -OCH3 is 1. The Bertz CT molecular complexity index is 1650. The van der Waals surface area contributed by atoms with Crippen molar-refractivity contribution in [1.82, 2.24) is 4.98 Å². The van der Waals surface area contributed by atoms with E-state index >= 15 is 0 Å². The molecule has 3 heterocycles. The molecule has 0 radical (unpaired) electrons. The minimum Gasteiger partial charge on any atom is -0.497 e. The van der Waals surface area contributed by atoms with Crippen molar-refractivity contribution in [2.45, 2.75) is 29.5 Å². The molecular formula is C30H27BrN2O7S2. The predicted octanol–water partition coefficient (Wildman–Crippen LogP) is 4.83. The minimum absolute atomic E-state index is 0.00740. The van der Waals surface area contributed by atoms with Gasteiger partial charge in [0.1, 0.15) is 11.5 Å². The summed E-state index contributed by atoms with van der Waals surface area (Å²) < 4.78 is 17.2. The number of anilines is 1. The van der Waals surface area contributed by atoms with Crippen LogP contribution in [-0.2, 0) is 19.1 Å². The maximum absolute atomic E-state index is 14.0. The molecule has 0 unspecified atom stereocenters. The number of carbonyl (C=O) groups is 3. The molecule has 12 heteroatoms. The van der Waals surface area contributed by atoms with Gasteiger partial charge in [0.15, 0.2) is 6.61 Å². The van der Waals surface area contributed by atoms with E-state index in [0.717, 1.165) is 26.4 Å². The van der Waals surface area contributed by atoms with Crippen LogP contribution in [0, 0.1) is 29.6 Å². The fraction of sp³-hybridized carbons (Fsp3) is 0.400.